The number of rotatable bonds is 5. The first-order valence-corrected chi connectivity index (χ1v) is 9.91. The molecule has 9 heteroatoms. The highest BCUT2D eigenvalue weighted by Gasteiger charge is 2.30. The molecule has 2 heterocycles. The molecule has 0 aliphatic carbocycles. The van der Waals surface area contributed by atoms with E-state index in [-0.39, 0.29) is 10.2 Å². The lowest BCUT2D eigenvalue weighted by Crippen LogP contribution is -2.29. The molecule has 3 rings (SSSR count). The molecule has 0 radical (unpaired) electrons. The number of sulfonamides is 1. The van der Waals surface area contributed by atoms with Gasteiger partial charge in [-0.3, -0.25) is 4.72 Å². The number of carbonyl (C=O) groups excluding carboxylic acids is 1. The van der Waals surface area contributed by atoms with E-state index in [1.54, 1.807) is 19.1 Å². The molecule has 0 spiro atoms. The number of hydrogen-bond donors (Lipinski definition) is 2. The van der Waals surface area contributed by atoms with E-state index in [0.717, 1.165) is 16.9 Å². The molecule has 2 N–H and O–H groups in total. The van der Waals surface area contributed by atoms with E-state index < -0.39 is 16.1 Å². The van der Waals surface area contributed by atoms with Crippen LogP contribution in [0.15, 0.2) is 34.5 Å². The number of carbonyl (C=O) groups is 1. The molecule has 0 amide bonds. The molecule has 1 aliphatic rings. The van der Waals surface area contributed by atoms with Gasteiger partial charge >= 0.3 is 5.97 Å². The number of para-hydroxylation sites is 1. The second kappa shape index (κ2) is 6.62. The predicted molar refractivity (Wildman–Crippen MR) is 94.3 cm³/mol. The van der Waals surface area contributed by atoms with Gasteiger partial charge in [-0.15, -0.1) is 11.3 Å². The van der Waals surface area contributed by atoms with E-state index in [1.165, 1.54) is 12.1 Å². The zero-order valence-electron chi connectivity index (χ0n) is 12.7. The van der Waals surface area contributed by atoms with Crippen LogP contribution in [0, 0.1) is 0 Å². The Bertz CT molecular complexity index is 879. The minimum absolute atomic E-state index is 0.130. The Morgan fingerprint density at radius 1 is 1.42 bits per heavy atom. The van der Waals surface area contributed by atoms with Crippen LogP contribution in [0.2, 0.25) is 4.34 Å². The molecule has 1 aromatic heterocycles. The standard InChI is InChI=1S/C15H15ClN2O4S2/c1-2-22-15(19)11-8-9-4-3-5-10(14(9)17-11)18-24(20,21)13-7-6-12(16)23-13/h3-7,11,17-18H,2,8H2,1H3. The first-order chi connectivity index (χ1) is 11.4. The molecule has 0 bridgehead atoms. The number of esters is 1. The molecule has 1 aliphatic heterocycles. The Morgan fingerprint density at radius 2 is 2.21 bits per heavy atom. The summed E-state index contributed by atoms with van der Waals surface area (Å²) >= 11 is 6.79. The van der Waals surface area contributed by atoms with Crippen LogP contribution in [0.3, 0.4) is 0 Å². The van der Waals surface area contributed by atoms with Crippen molar-refractivity contribution in [3.05, 3.63) is 40.2 Å². The molecule has 128 valence electrons. The Hall–Kier alpha value is -1.77. The van der Waals surface area contributed by atoms with Crippen LogP contribution in [-0.4, -0.2) is 27.0 Å². The van der Waals surface area contributed by atoms with Crippen molar-refractivity contribution in [2.45, 2.75) is 23.6 Å². The number of hydrogen-bond acceptors (Lipinski definition) is 6. The summed E-state index contributed by atoms with van der Waals surface area (Å²) in [5, 5.41) is 3.04. The average molecular weight is 387 g/mol. The van der Waals surface area contributed by atoms with Crippen molar-refractivity contribution in [1.82, 2.24) is 0 Å². The fourth-order valence-electron chi connectivity index (χ4n) is 2.49. The van der Waals surface area contributed by atoms with Crippen LogP contribution < -0.4 is 10.0 Å². The monoisotopic (exact) mass is 386 g/mol. The van der Waals surface area contributed by atoms with Crippen LogP contribution in [-0.2, 0) is 26.0 Å². The molecule has 0 fully saturated rings. The van der Waals surface area contributed by atoms with Gasteiger partial charge in [-0.05, 0) is 30.7 Å². The van der Waals surface area contributed by atoms with Gasteiger partial charge in [0.15, 0.2) is 0 Å². The summed E-state index contributed by atoms with van der Waals surface area (Å²) in [5.74, 6) is -0.354. The SMILES string of the molecule is CCOC(=O)C1Cc2cccc(NS(=O)(=O)c3ccc(Cl)s3)c2N1. The third-order valence-electron chi connectivity index (χ3n) is 3.52. The Morgan fingerprint density at radius 3 is 2.88 bits per heavy atom. The Balaban J connectivity index is 1.85. The number of benzene rings is 1. The highest BCUT2D eigenvalue weighted by Crippen LogP contribution is 2.36. The zero-order chi connectivity index (χ0) is 17.3. The number of nitrogens with one attached hydrogen (secondary N) is 2. The third-order valence-corrected chi connectivity index (χ3v) is 6.61. The van der Waals surface area contributed by atoms with Gasteiger partial charge in [0.1, 0.15) is 10.3 Å². The fraction of sp³-hybridized carbons (Fsp3) is 0.267. The smallest absolute Gasteiger partial charge is 0.328 e. The van der Waals surface area contributed by atoms with Crippen LogP contribution in [0.5, 0.6) is 0 Å². The first kappa shape index (κ1) is 17.1. The van der Waals surface area contributed by atoms with Crippen molar-refractivity contribution >= 4 is 50.3 Å². The molecule has 1 atom stereocenters. The molecule has 24 heavy (non-hydrogen) atoms. The van der Waals surface area contributed by atoms with Crippen molar-refractivity contribution in [2.75, 3.05) is 16.6 Å². The molecular weight excluding hydrogens is 372 g/mol. The van der Waals surface area contributed by atoms with Gasteiger partial charge in [0.2, 0.25) is 0 Å². The quantitative estimate of drug-likeness (QED) is 0.771. The molecule has 1 aromatic carbocycles. The summed E-state index contributed by atoms with van der Waals surface area (Å²) in [5.41, 5.74) is 1.85. The van der Waals surface area contributed by atoms with Gasteiger partial charge in [0.25, 0.3) is 10.0 Å². The molecule has 6 nitrogen and oxygen atoms in total. The van der Waals surface area contributed by atoms with Crippen LogP contribution in [0.1, 0.15) is 12.5 Å². The molecular formula is C15H15ClN2O4S2. The summed E-state index contributed by atoms with van der Waals surface area (Å²) in [7, 11) is -3.73. The maximum atomic E-state index is 12.5. The van der Waals surface area contributed by atoms with Gasteiger partial charge in [0.05, 0.1) is 22.3 Å². The number of ether oxygens (including phenoxy) is 1. The van der Waals surface area contributed by atoms with E-state index in [1.807, 2.05) is 6.07 Å². The fourth-order valence-corrected chi connectivity index (χ4v) is 5.05. The summed E-state index contributed by atoms with van der Waals surface area (Å²) in [4.78, 5) is 11.9. The lowest BCUT2D eigenvalue weighted by atomic mass is 10.1. The van der Waals surface area contributed by atoms with Gasteiger partial charge in [0, 0.05) is 6.42 Å². The van der Waals surface area contributed by atoms with Gasteiger partial charge in [-0.25, -0.2) is 13.2 Å². The van der Waals surface area contributed by atoms with Crippen molar-refractivity contribution < 1.29 is 17.9 Å². The Labute approximate surface area is 148 Å². The molecule has 2 aromatic rings. The predicted octanol–water partition coefficient (Wildman–Crippen LogP) is 3.10. The first-order valence-electron chi connectivity index (χ1n) is 7.24. The minimum Gasteiger partial charge on any atom is -0.464 e. The van der Waals surface area contributed by atoms with Crippen LogP contribution >= 0.6 is 22.9 Å². The number of fused-ring (bicyclic) bond motifs is 1. The highest BCUT2D eigenvalue weighted by atomic mass is 35.5. The minimum atomic E-state index is -3.73. The van der Waals surface area contributed by atoms with E-state index in [9.17, 15) is 13.2 Å². The summed E-state index contributed by atoms with van der Waals surface area (Å²) in [6.45, 7) is 2.04. The van der Waals surface area contributed by atoms with Crippen molar-refractivity contribution in [3.8, 4) is 0 Å². The van der Waals surface area contributed by atoms with Crippen LogP contribution in [0.25, 0.3) is 0 Å². The van der Waals surface area contributed by atoms with Gasteiger partial charge in [-0.1, -0.05) is 23.7 Å². The summed E-state index contributed by atoms with van der Waals surface area (Å²) < 4.78 is 33.0. The summed E-state index contributed by atoms with van der Waals surface area (Å²) in [6, 6.07) is 7.71. The van der Waals surface area contributed by atoms with E-state index in [2.05, 4.69) is 10.0 Å². The zero-order valence-corrected chi connectivity index (χ0v) is 15.1. The summed E-state index contributed by atoms with van der Waals surface area (Å²) in [6.07, 6.45) is 0.453. The lowest BCUT2D eigenvalue weighted by molar-refractivity contribution is -0.143. The Kier molecular flexibility index (Phi) is 4.71. The average Bonchev–Trinajstić information content (AvgIpc) is 3.14. The van der Waals surface area contributed by atoms with Crippen molar-refractivity contribution in [1.29, 1.82) is 0 Å². The molecule has 0 saturated heterocycles. The highest BCUT2D eigenvalue weighted by molar-refractivity contribution is 7.94. The normalized spacial score (nSPS) is 16.3. The van der Waals surface area contributed by atoms with E-state index >= 15 is 0 Å². The topological polar surface area (TPSA) is 84.5 Å². The third kappa shape index (κ3) is 3.35. The number of thiophene rings is 1. The molecule has 0 saturated carbocycles. The largest absolute Gasteiger partial charge is 0.464 e. The van der Waals surface area contributed by atoms with Crippen molar-refractivity contribution in [2.24, 2.45) is 0 Å². The second-order valence-corrected chi connectivity index (χ2v) is 8.78. The van der Waals surface area contributed by atoms with Gasteiger partial charge in [-0.2, -0.15) is 0 Å². The number of anilines is 2. The molecule has 1 unspecified atom stereocenters. The van der Waals surface area contributed by atoms with E-state index in [0.29, 0.717) is 28.7 Å². The van der Waals surface area contributed by atoms with Crippen molar-refractivity contribution in [3.63, 3.8) is 0 Å². The maximum Gasteiger partial charge on any atom is 0.328 e. The van der Waals surface area contributed by atoms with Crippen LogP contribution in [0.4, 0.5) is 11.4 Å². The second-order valence-electron chi connectivity index (χ2n) is 5.16. The van der Waals surface area contributed by atoms with Gasteiger partial charge < -0.3 is 10.1 Å². The maximum absolute atomic E-state index is 12.5. The van der Waals surface area contributed by atoms with E-state index in [4.69, 9.17) is 16.3 Å². The number of halogens is 1. The lowest BCUT2D eigenvalue weighted by Gasteiger charge is -2.13.